The molecule has 0 aromatic heterocycles. The monoisotopic (exact) mass is 618 g/mol. The molecule has 10 heteroatoms. The van der Waals surface area contributed by atoms with Crippen LogP contribution in [0.15, 0.2) is 72.8 Å². The van der Waals surface area contributed by atoms with Gasteiger partial charge < -0.3 is 41.2 Å². The van der Waals surface area contributed by atoms with E-state index in [4.69, 9.17) is 25.7 Å². The number of carboxylic acid groups (broad SMARTS) is 1. The second-order valence-electron chi connectivity index (χ2n) is 12.7. The van der Waals surface area contributed by atoms with Crippen molar-refractivity contribution >= 4 is 17.5 Å². The van der Waals surface area contributed by atoms with Crippen LogP contribution in [-0.2, 0) is 29.0 Å². The number of anilines is 2. The van der Waals surface area contributed by atoms with Crippen molar-refractivity contribution in [2.24, 2.45) is 17.8 Å². The van der Waals surface area contributed by atoms with Crippen LogP contribution >= 0.6 is 0 Å². The number of carbonyl (C=O) groups is 1. The highest BCUT2D eigenvalue weighted by atomic mass is 16.7. The lowest BCUT2D eigenvalue weighted by Crippen LogP contribution is -2.59. The van der Waals surface area contributed by atoms with Crippen LogP contribution in [0.25, 0.3) is 0 Å². The van der Waals surface area contributed by atoms with E-state index in [2.05, 4.69) is 24.1 Å². The predicted octanol–water partition coefficient (Wildman–Crippen LogP) is 4.51. The van der Waals surface area contributed by atoms with E-state index in [1.54, 1.807) is 0 Å². The molecule has 2 fully saturated rings. The molecule has 0 bridgehead atoms. The zero-order valence-corrected chi connectivity index (χ0v) is 26.0. The summed E-state index contributed by atoms with van der Waals surface area (Å²) in [6, 6.07) is 21.7. The van der Waals surface area contributed by atoms with Gasteiger partial charge in [-0.25, -0.2) is 4.79 Å². The van der Waals surface area contributed by atoms with Crippen LogP contribution < -0.4 is 21.5 Å². The number of aliphatic hydroxyl groups is 1. The van der Waals surface area contributed by atoms with Crippen LogP contribution in [0.4, 0.5) is 16.2 Å². The van der Waals surface area contributed by atoms with Gasteiger partial charge in [0.05, 0.1) is 25.4 Å². The fraction of sp³-hybridized carbons (Fsp3) is 0.457. The van der Waals surface area contributed by atoms with Crippen LogP contribution in [0.3, 0.4) is 0 Å². The SMILES string of the molecule is CC(C)CN(Cc1ccc(N)cc1)C([C@H]1CO[C@H]2OCC[C@H]21)[C@H](O)[C@H](Cc1ccc(OCc2ccc(N)cc2)cc1)NC(=O)O. The number of rotatable bonds is 14. The minimum absolute atomic E-state index is 0.0396. The lowest BCUT2D eigenvalue weighted by Gasteiger charge is -2.43. The van der Waals surface area contributed by atoms with Crippen molar-refractivity contribution in [3.63, 3.8) is 0 Å². The Bertz CT molecular complexity index is 1370. The summed E-state index contributed by atoms with van der Waals surface area (Å²) in [6.07, 6.45) is -1.36. The van der Waals surface area contributed by atoms with E-state index >= 15 is 0 Å². The Morgan fingerprint density at radius 2 is 1.58 bits per heavy atom. The zero-order valence-electron chi connectivity index (χ0n) is 26.0. The molecule has 2 saturated heterocycles. The Morgan fingerprint density at radius 1 is 0.956 bits per heavy atom. The largest absolute Gasteiger partial charge is 0.489 e. The molecular weight excluding hydrogens is 572 g/mol. The first-order valence-corrected chi connectivity index (χ1v) is 15.7. The van der Waals surface area contributed by atoms with Gasteiger partial charge in [-0.15, -0.1) is 0 Å². The minimum atomic E-state index is -1.18. The Balaban J connectivity index is 1.38. The van der Waals surface area contributed by atoms with Gasteiger partial charge in [-0.1, -0.05) is 50.2 Å². The zero-order chi connectivity index (χ0) is 31.9. The van der Waals surface area contributed by atoms with Crippen molar-refractivity contribution in [3.8, 4) is 5.75 Å². The summed E-state index contributed by atoms with van der Waals surface area (Å²) in [5.74, 6) is 1.08. The maximum atomic E-state index is 12.2. The van der Waals surface area contributed by atoms with Crippen molar-refractivity contribution in [3.05, 3.63) is 89.5 Å². The van der Waals surface area contributed by atoms with Gasteiger partial charge in [0.25, 0.3) is 0 Å². The first-order valence-electron chi connectivity index (χ1n) is 15.7. The van der Waals surface area contributed by atoms with Gasteiger partial charge in [-0.2, -0.15) is 0 Å². The van der Waals surface area contributed by atoms with Gasteiger partial charge in [0, 0.05) is 42.3 Å². The van der Waals surface area contributed by atoms with Crippen LogP contribution in [0.2, 0.25) is 0 Å². The van der Waals surface area contributed by atoms with Gasteiger partial charge in [0.2, 0.25) is 0 Å². The second kappa shape index (κ2) is 15.0. The van der Waals surface area contributed by atoms with Gasteiger partial charge >= 0.3 is 6.09 Å². The first kappa shape index (κ1) is 32.6. The van der Waals surface area contributed by atoms with Gasteiger partial charge in [0.15, 0.2) is 6.29 Å². The Hall–Kier alpha value is -3.83. The molecule has 2 heterocycles. The Labute approximate surface area is 265 Å². The number of amides is 1. The normalized spacial score (nSPS) is 21.4. The van der Waals surface area contributed by atoms with Crippen molar-refractivity contribution in [1.29, 1.82) is 0 Å². The van der Waals surface area contributed by atoms with E-state index in [1.807, 2.05) is 72.8 Å². The molecule has 5 rings (SSSR count). The molecule has 242 valence electrons. The lowest BCUT2D eigenvalue weighted by atomic mass is 9.80. The average molecular weight is 619 g/mol. The first-order chi connectivity index (χ1) is 21.7. The second-order valence-corrected chi connectivity index (χ2v) is 12.7. The molecule has 1 unspecified atom stereocenters. The van der Waals surface area contributed by atoms with Crippen molar-refractivity contribution in [2.75, 3.05) is 31.2 Å². The lowest BCUT2D eigenvalue weighted by molar-refractivity contribution is -0.0908. The molecule has 45 heavy (non-hydrogen) atoms. The molecule has 3 aromatic rings. The third-order valence-electron chi connectivity index (χ3n) is 8.75. The third kappa shape index (κ3) is 8.67. The van der Waals surface area contributed by atoms with Crippen LogP contribution in [0.1, 0.15) is 37.0 Å². The molecule has 0 spiro atoms. The van der Waals surface area contributed by atoms with Gasteiger partial charge in [0.1, 0.15) is 12.4 Å². The smallest absolute Gasteiger partial charge is 0.404 e. The highest BCUT2D eigenvalue weighted by Gasteiger charge is 2.50. The molecule has 6 atom stereocenters. The minimum Gasteiger partial charge on any atom is -0.489 e. The van der Waals surface area contributed by atoms with E-state index in [1.165, 1.54) is 0 Å². The highest BCUT2D eigenvalue weighted by molar-refractivity contribution is 5.65. The standard InChI is InChI=1S/C35H46N4O6/c1-22(2)18-39(19-24-3-9-26(36)10-4-24)32(30-21-45-34-29(30)15-16-43-34)33(40)31(38-35(41)42)17-23-7-13-28(14-8-23)44-20-25-5-11-27(37)12-6-25/h3-14,22,29-34,38,40H,15-21,36-37H2,1-2H3,(H,41,42)/t29-,30-,31-,32?,33+,34+/m0/s1. The quantitative estimate of drug-likeness (QED) is 0.164. The maximum Gasteiger partial charge on any atom is 0.404 e. The number of hydrogen-bond donors (Lipinski definition) is 5. The van der Waals surface area contributed by atoms with Gasteiger partial charge in [-0.05, 0) is 71.8 Å². The number of fused-ring (bicyclic) bond motifs is 1. The van der Waals surface area contributed by atoms with Gasteiger partial charge in [-0.3, -0.25) is 4.90 Å². The molecule has 2 aliphatic rings. The third-order valence-corrected chi connectivity index (χ3v) is 8.75. The molecule has 0 saturated carbocycles. The van der Waals surface area contributed by atoms with Crippen molar-refractivity contribution < 1.29 is 29.2 Å². The van der Waals surface area contributed by atoms with Crippen LogP contribution in [0, 0.1) is 17.8 Å². The highest BCUT2D eigenvalue weighted by Crippen LogP contribution is 2.41. The molecule has 0 radical (unpaired) electrons. The molecule has 3 aromatic carbocycles. The fourth-order valence-electron chi connectivity index (χ4n) is 6.62. The molecule has 1 amide bonds. The average Bonchev–Trinajstić information content (AvgIpc) is 3.63. The number of nitrogens with zero attached hydrogens (tertiary/aromatic N) is 1. The molecule has 10 nitrogen and oxygen atoms in total. The van der Waals surface area contributed by atoms with E-state index in [0.717, 1.165) is 23.1 Å². The number of nitrogen functional groups attached to an aromatic ring is 2. The number of nitrogens with one attached hydrogen (secondary N) is 1. The van der Waals surface area contributed by atoms with Crippen molar-refractivity contribution in [2.45, 2.75) is 64.3 Å². The summed E-state index contributed by atoms with van der Waals surface area (Å²) in [5, 5.41) is 24.8. The summed E-state index contributed by atoms with van der Waals surface area (Å²) < 4.78 is 17.9. The summed E-state index contributed by atoms with van der Waals surface area (Å²) in [6.45, 7) is 7.03. The van der Waals surface area contributed by atoms with Crippen LogP contribution in [0.5, 0.6) is 5.75 Å². The molecule has 2 aliphatic heterocycles. The molecule has 7 N–H and O–H groups in total. The number of nitrogens with two attached hydrogens (primary N) is 2. The van der Waals surface area contributed by atoms with E-state index in [-0.39, 0.29) is 24.2 Å². The van der Waals surface area contributed by atoms with Crippen LogP contribution in [-0.4, -0.2) is 65.4 Å². The summed E-state index contributed by atoms with van der Waals surface area (Å²) in [4.78, 5) is 14.4. The Kier molecular flexibility index (Phi) is 10.8. The van der Waals surface area contributed by atoms with Crippen molar-refractivity contribution in [1.82, 2.24) is 10.2 Å². The number of benzene rings is 3. The molecule has 0 aliphatic carbocycles. The van der Waals surface area contributed by atoms with E-state index in [9.17, 15) is 15.0 Å². The summed E-state index contributed by atoms with van der Waals surface area (Å²) in [5.41, 5.74) is 16.1. The van der Waals surface area contributed by atoms with E-state index < -0.39 is 18.2 Å². The number of aliphatic hydroxyl groups excluding tert-OH is 1. The van der Waals surface area contributed by atoms with E-state index in [0.29, 0.717) is 62.4 Å². The topological polar surface area (TPSA) is 153 Å². The number of ether oxygens (including phenoxy) is 3. The fourth-order valence-corrected chi connectivity index (χ4v) is 6.62. The summed E-state index contributed by atoms with van der Waals surface area (Å²) in [7, 11) is 0. The maximum absolute atomic E-state index is 12.2. The summed E-state index contributed by atoms with van der Waals surface area (Å²) >= 11 is 0. The predicted molar refractivity (Wildman–Crippen MR) is 173 cm³/mol. The Morgan fingerprint density at radius 3 is 2.20 bits per heavy atom. The molecular formula is C35H46N4O6. The number of hydrogen-bond acceptors (Lipinski definition) is 8.